The van der Waals surface area contributed by atoms with E-state index in [1.165, 1.54) is 11.1 Å². The minimum absolute atomic E-state index is 0.0426. The number of carbonyl (C=O) groups is 1. The Kier molecular flexibility index (Phi) is 5.87. The van der Waals surface area contributed by atoms with E-state index in [0.717, 1.165) is 22.8 Å². The fourth-order valence-electron chi connectivity index (χ4n) is 2.72. The summed E-state index contributed by atoms with van der Waals surface area (Å²) in [5.74, 6) is 2.85. The van der Waals surface area contributed by atoms with Crippen LogP contribution < -0.4 is 14.8 Å². The molecule has 1 N–H and O–H groups in total. The molecule has 0 saturated carbocycles. The zero-order valence-electron chi connectivity index (χ0n) is 14.6. The van der Waals surface area contributed by atoms with Gasteiger partial charge in [-0.2, -0.15) is 0 Å². The monoisotopic (exact) mass is 357 g/mol. The Labute approximate surface area is 152 Å². The van der Waals surface area contributed by atoms with Gasteiger partial charge in [0.05, 0.1) is 11.8 Å². The van der Waals surface area contributed by atoms with Crippen molar-refractivity contribution in [3.05, 3.63) is 59.2 Å². The van der Waals surface area contributed by atoms with Gasteiger partial charge in [-0.05, 0) is 42.7 Å². The average Bonchev–Trinajstić information content (AvgIpc) is 2.63. The lowest BCUT2D eigenvalue weighted by molar-refractivity contribution is -0.119. The second-order valence-electron chi connectivity index (χ2n) is 6.11. The number of benzene rings is 2. The molecule has 0 aromatic heterocycles. The van der Waals surface area contributed by atoms with Gasteiger partial charge in [0.2, 0.25) is 5.91 Å². The van der Waals surface area contributed by atoms with E-state index < -0.39 is 0 Å². The van der Waals surface area contributed by atoms with E-state index in [2.05, 4.69) is 24.4 Å². The fraction of sp³-hybridized carbons (Fsp3) is 0.350. The summed E-state index contributed by atoms with van der Waals surface area (Å²) < 4.78 is 11.1. The number of fused-ring (bicyclic) bond motifs is 1. The van der Waals surface area contributed by atoms with Crippen molar-refractivity contribution in [1.82, 2.24) is 5.32 Å². The molecule has 0 fully saturated rings. The second kappa shape index (κ2) is 8.30. The Morgan fingerprint density at radius 1 is 1.16 bits per heavy atom. The Morgan fingerprint density at radius 3 is 2.72 bits per heavy atom. The van der Waals surface area contributed by atoms with Gasteiger partial charge in [-0.3, -0.25) is 4.79 Å². The van der Waals surface area contributed by atoms with Crippen molar-refractivity contribution in [2.75, 3.05) is 19.0 Å². The summed E-state index contributed by atoms with van der Waals surface area (Å²) in [6, 6.07) is 14.0. The maximum atomic E-state index is 12.2. The number of hydrogen-bond donors (Lipinski definition) is 1. The van der Waals surface area contributed by atoms with Crippen LogP contribution in [-0.4, -0.2) is 24.9 Å². The minimum Gasteiger partial charge on any atom is -0.486 e. The standard InChI is InChI=1S/C20H23NO3S/c1-14-5-3-4-6-17(14)12-25-13-20(22)21-15(2)16-7-8-18-19(11-16)24-10-9-23-18/h3-8,11,15H,9-10,12-13H2,1-2H3,(H,21,22). The van der Waals surface area contributed by atoms with Crippen molar-refractivity contribution in [2.45, 2.75) is 25.6 Å². The average molecular weight is 357 g/mol. The summed E-state index contributed by atoms with van der Waals surface area (Å²) in [4.78, 5) is 12.2. The Morgan fingerprint density at radius 2 is 1.92 bits per heavy atom. The Balaban J connectivity index is 1.50. The number of nitrogens with one attached hydrogen (secondary N) is 1. The van der Waals surface area contributed by atoms with E-state index in [1.54, 1.807) is 11.8 Å². The van der Waals surface area contributed by atoms with Crippen molar-refractivity contribution in [1.29, 1.82) is 0 Å². The van der Waals surface area contributed by atoms with Gasteiger partial charge < -0.3 is 14.8 Å². The van der Waals surface area contributed by atoms with E-state index in [9.17, 15) is 4.79 Å². The second-order valence-corrected chi connectivity index (χ2v) is 7.10. The van der Waals surface area contributed by atoms with Crippen LogP contribution in [0.5, 0.6) is 11.5 Å². The van der Waals surface area contributed by atoms with E-state index in [0.29, 0.717) is 19.0 Å². The van der Waals surface area contributed by atoms with Crippen LogP contribution in [-0.2, 0) is 10.5 Å². The summed E-state index contributed by atoms with van der Waals surface area (Å²) in [5.41, 5.74) is 3.56. The van der Waals surface area contributed by atoms with Crippen molar-refractivity contribution < 1.29 is 14.3 Å². The molecule has 4 nitrogen and oxygen atoms in total. The van der Waals surface area contributed by atoms with Crippen LogP contribution in [0.1, 0.15) is 29.7 Å². The van der Waals surface area contributed by atoms with E-state index in [-0.39, 0.29) is 11.9 Å². The summed E-state index contributed by atoms with van der Waals surface area (Å²) in [7, 11) is 0. The van der Waals surface area contributed by atoms with Crippen LogP contribution in [0.25, 0.3) is 0 Å². The van der Waals surface area contributed by atoms with Gasteiger partial charge in [0.15, 0.2) is 11.5 Å². The number of aryl methyl sites for hydroxylation is 1. The first-order valence-corrected chi connectivity index (χ1v) is 9.60. The van der Waals surface area contributed by atoms with Gasteiger partial charge in [0.25, 0.3) is 0 Å². The lowest BCUT2D eigenvalue weighted by atomic mass is 10.1. The molecular formula is C20H23NO3S. The van der Waals surface area contributed by atoms with Crippen LogP contribution >= 0.6 is 11.8 Å². The number of carbonyl (C=O) groups excluding carboxylic acids is 1. The van der Waals surface area contributed by atoms with Crippen LogP contribution in [0, 0.1) is 6.92 Å². The van der Waals surface area contributed by atoms with Gasteiger partial charge in [0, 0.05) is 5.75 Å². The molecule has 2 aromatic rings. The van der Waals surface area contributed by atoms with Gasteiger partial charge in [0.1, 0.15) is 13.2 Å². The third kappa shape index (κ3) is 4.69. The predicted molar refractivity (Wildman–Crippen MR) is 101 cm³/mol. The third-order valence-electron chi connectivity index (χ3n) is 4.20. The number of rotatable bonds is 6. The molecule has 3 rings (SSSR count). The van der Waals surface area contributed by atoms with Crippen molar-refractivity contribution >= 4 is 17.7 Å². The largest absolute Gasteiger partial charge is 0.486 e. The molecule has 132 valence electrons. The number of hydrogen-bond acceptors (Lipinski definition) is 4. The molecule has 1 amide bonds. The molecule has 1 unspecified atom stereocenters. The van der Waals surface area contributed by atoms with Crippen LogP contribution in [0.4, 0.5) is 0 Å². The molecule has 25 heavy (non-hydrogen) atoms. The van der Waals surface area contributed by atoms with E-state index in [1.807, 2.05) is 37.3 Å². The van der Waals surface area contributed by atoms with Gasteiger partial charge in [-0.15, -0.1) is 11.8 Å². The molecule has 1 aliphatic rings. The lowest BCUT2D eigenvalue weighted by Crippen LogP contribution is -2.28. The van der Waals surface area contributed by atoms with E-state index >= 15 is 0 Å². The zero-order chi connectivity index (χ0) is 17.6. The highest BCUT2D eigenvalue weighted by molar-refractivity contribution is 7.99. The van der Waals surface area contributed by atoms with E-state index in [4.69, 9.17) is 9.47 Å². The van der Waals surface area contributed by atoms with Gasteiger partial charge in [-0.1, -0.05) is 30.3 Å². The molecule has 5 heteroatoms. The third-order valence-corrected chi connectivity index (χ3v) is 5.18. The number of ether oxygens (including phenoxy) is 2. The molecule has 0 spiro atoms. The normalized spacial score (nSPS) is 14.0. The summed E-state index contributed by atoms with van der Waals surface area (Å²) in [5, 5.41) is 3.05. The quantitative estimate of drug-likeness (QED) is 0.852. The molecular weight excluding hydrogens is 334 g/mol. The van der Waals surface area contributed by atoms with Gasteiger partial charge >= 0.3 is 0 Å². The highest BCUT2D eigenvalue weighted by atomic mass is 32.2. The zero-order valence-corrected chi connectivity index (χ0v) is 15.4. The fourth-order valence-corrected chi connectivity index (χ4v) is 3.64. The maximum Gasteiger partial charge on any atom is 0.230 e. The van der Waals surface area contributed by atoms with Gasteiger partial charge in [-0.25, -0.2) is 0 Å². The molecule has 0 aliphatic carbocycles. The minimum atomic E-state index is -0.0672. The Hall–Kier alpha value is -2.14. The highest BCUT2D eigenvalue weighted by Crippen LogP contribution is 2.32. The molecule has 1 atom stereocenters. The highest BCUT2D eigenvalue weighted by Gasteiger charge is 2.15. The first-order valence-electron chi connectivity index (χ1n) is 8.44. The molecule has 0 saturated heterocycles. The first kappa shape index (κ1) is 17.7. The summed E-state index contributed by atoms with van der Waals surface area (Å²) in [6.45, 7) is 5.22. The van der Waals surface area contributed by atoms with Crippen LogP contribution in [0.3, 0.4) is 0 Å². The molecule has 0 radical (unpaired) electrons. The predicted octanol–water partition coefficient (Wildman–Crippen LogP) is 3.88. The molecule has 2 aromatic carbocycles. The topological polar surface area (TPSA) is 47.6 Å². The lowest BCUT2D eigenvalue weighted by Gasteiger charge is -2.21. The van der Waals surface area contributed by atoms with Crippen molar-refractivity contribution in [2.24, 2.45) is 0 Å². The molecule has 1 heterocycles. The number of thioether (sulfide) groups is 1. The molecule has 0 bridgehead atoms. The van der Waals surface area contributed by atoms with Crippen LogP contribution in [0.2, 0.25) is 0 Å². The summed E-state index contributed by atoms with van der Waals surface area (Å²) >= 11 is 1.63. The smallest absolute Gasteiger partial charge is 0.230 e. The van der Waals surface area contributed by atoms with Crippen molar-refractivity contribution in [3.8, 4) is 11.5 Å². The molecule has 1 aliphatic heterocycles. The maximum absolute atomic E-state index is 12.2. The number of amides is 1. The summed E-state index contributed by atoms with van der Waals surface area (Å²) in [6.07, 6.45) is 0. The van der Waals surface area contributed by atoms with Crippen LogP contribution in [0.15, 0.2) is 42.5 Å². The first-order chi connectivity index (χ1) is 12.1. The Bertz CT molecular complexity index is 747. The van der Waals surface area contributed by atoms with Crippen molar-refractivity contribution in [3.63, 3.8) is 0 Å². The SMILES string of the molecule is Cc1ccccc1CSCC(=O)NC(C)c1ccc2c(c1)OCCO2.